The first-order valence-electron chi connectivity index (χ1n) is 7.71. The molecule has 0 bridgehead atoms. The van der Waals surface area contributed by atoms with Crippen molar-refractivity contribution in [3.05, 3.63) is 72.6 Å². The van der Waals surface area contributed by atoms with E-state index in [1.165, 1.54) is 18.3 Å². The van der Waals surface area contributed by atoms with Crippen LogP contribution in [0, 0.1) is 0 Å². The molecule has 2 aromatic carbocycles. The van der Waals surface area contributed by atoms with E-state index < -0.39 is 12.3 Å². The molecule has 0 unspecified atom stereocenters. The molecule has 0 saturated heterocycles. The molecule has 27 heavy (non-hydrogen) atoms. The molecule has 0 aliphatic carbocycles. The third kappa shape index (κ3) is 4.75. The lowest BCUT2D eigenvalue weighted by Gasteiger charge is -2.10. The second-order valence-electron chi connectivity index (χ2n) is 5.41. The molecule has 3 rings (SSSR count). The predicted molar refractivity (Wildman–Crippen MR) is 91.4 cm³/mol. The molecule has 1 heterocycles. The summed E-state index contributed by atoms with van der Waals surface area (Å²) in [7, 11) is 0. The van der Waals surface area contributed by atoms with E-state index in [9.17, 15) is 18.0 Å². The number of amides is 1. The molecule has 3 aromatic rings. The number of hydrogen-bond acceptors (Lipinski definition) is 4. The average molecular weight is 374 g/mol. The summed E-state index contributed by atoms with van der Waals surface area (Å²) in [6.07, 6.45) is -3.26. The fraction of sp³-hybridized carbons (Fsp3) is 0.0526. The number of primary amides is 1. The fourth-order valence-electron chi connectivity index (χ4n) is 2.38. The van der Waals surface area contributed by atoms with E-state index in [2.05, 4.69) is 9.72 Å². The summed E-state index contributed by atoms with van der Waals surface area (Å²) in [4.78, 5) is 15.5. The number of ether oxygens (including phenoxy) is 2. The van der Waals surface area contributed by atoms with Crippen LogP contribution in [-0.4, -0.2) is 17.3 Å². The van der Waals surface area contributed by atoms with Crippen LogP contribution < -0.4 is 15.2 Å². The molecular weight excluding hydrogens is 361 g/mol. The number of aromatic nitrogens is 1. The smallest absolute Gasteiger partial charge is 0.457 e. The number of hydrogen-bond donors (Lipinski definition) is 1. The number of carbonyl (C=O) groups is 1. The highest BCUT2D eigenvalue weighted by molar-refractivity contribution is 5.97. The minimum absolute atomic E-state index is 0.159. The summed E-state index contributed by atoms with van der Waals surface area (Å²) >= 11 is 0. The normalized spacial score (nSPS) is 11.1. The van der Waals surface area contributed by atoms with E-state index in [1.54, 1.807) is 36.4 Å². The summed E-state index contributed by atoms with van der Waals surface area (Å²) in [5, 5.41) is 0. The lowest BCUT2D eigenvalue weighted by Crippen LogP contribution is -2.16. The number of pyridine rings is 1. The predicted octanol–water partition coefficient (Wildman–Crippen LogP) is 4.54. The molecule has 0 radical (unpaired) electrons. The highest BCUT2D eigenvalue weighted by Gasteiger charge is 2.30. The molecule has 0 aliphatic heterocycles. The maximum absolute atomic E-state index is 12.2. The van der Waals surface area contributed by atoms with Crippen LogP contribution in [-0.2, 0) is 0 Å². The third-order valence-electron chi connectivity index (χ3n) is 3.50. The van der Waals surface area contributed by atoms with E-state index in [4.69, 9.17) is 10.5 Å². The zero-order valence-electron chi connectivity index (χ0n) is 13.7. The minimum atomic E-state index is -4.74. The van der Waals surface area contributed by atoms with Crippen molar-refractivity contribution >= 4 is 5.91 Å². The van der Waals surface area contributed by atoms with Gasteiger partial charge in [-0.3, -0.25) is 9.78 Å². The number of alkyl halides is 3. The van der Waals surface area contributed by atoms with Gasteiger partial charge in [0.05, 0.1) is 0 Å². The Balaban J connectivity index is 1.74. The van der Waals surface area contributed by atoms with Crippen molar-refractivity contribution in [3.8, 4) is 28.4 Å². The van der Waals surface area contributed by atoms with Crippen molar-refractivity contribution < 1.29 is 27.4 Å². The lowest BCUT2D eigenvalue weighted by atomic mass is 10.0. The van der Waals surface area contributed by atoms with Crippen LogP contribution >= 0.6 is 0 Å². The Morgan fingerprint density at radius 1 is 0.889 bits per heavy atom. The third-order valence-corrected chi connectivity index (χ3v) is 3.50. The van der Waals surface area contributed by atoms with Gasteiger partial charge in [-0.2, -0.15) is 0 Å². The number of carbonyl (C=O) groups excluding carboxylic acids is 1. The Kier molecular flexibility index (Phi) is 4.98. The van der Waals surface area contributed by atoms with Crippen LogP contribution in [0.2, 0.25) is 0 Å². The van der Waals surface area contributed by atoms with Crippen molar-refractivity contribution in [2.75, 3.05) is 0 Å². The van der Waals surface area contributed by atoms with Gasteiger partial charge < -0.3 is 15.2 Å². The quantitative estimate of drug-likeness (QED) is 0.712. The van der Waals surface area contributed by atoms with Gasteiger partial charge >= 0.3 is 6.36 Å². The maximum atomic E-state index is 12.2. The zero-order valence-corrected chi connectivity index (χ0v) is 13.7. The molecule has 0 atom stereocenters. The van der Waals surface area contributed by atoms with E-state index >= 15 is 0 Å². The van der Waals surface area contributed by atoms with Crippen LogP contribution in [0.15, 0.2) is 66.9 Å². The summed E-state index contributed by atoms with van der Waals surface area (Å²) in [5.41, 5.74) is 6.80. The van der Waals surface area contributed by atoms with E-state index in [-0.39, 0.29) is 11.4 Å². The number of benzene rings is 2. The Labute approximate surface area is 152 Å². The Bertz CT molecular complexity index is 940. The van der Waals surface area contributed by atoms with Crippen LogP contribution in [0.5, 0.6) is 17.2 Å². The minimum Gasteiger partial charge on any atom is -0.457 e. The zero-order chi connectivity index (χ0) is 19.4. The van der Waals surface area contributed by atoms with E-state index in [1.807, 2.05) is 0 Å². The number of nitrogens with two attached hydrogens (primary N) is 1. The van der Waals surface area contributed by atoms with Gasteiger partial charge in [0.2, 0.25) is 0 Å². The molecule has 0 fully saturated rings. The molecule has 0 aliphatic rings. The first kappa shape index (κ1) is 18.2. The molecule has 8 heteroatoms. The van der Waals surface area contributed by atoms with Crippen LogP contribution in [0.3, 0.4) is 0 Å². The topological polar surface area (TPSA) is 74.4 Å². The van der Waals surface area contributed by atoms with Crippen molar-refractivity contribution in [1.29, 1.82) is 0 Å². The summed E-state index contributed by atoms with van der Waals surface area (Å²) in [6, 6.07) is 15.2. The largest absolute Gasteiger partial charge is 0.573 e. The Hall–Kier alpha value is -3.55. The van der Waals surface area contributed by atoms with E-state index in [0.29, 0.717) is 17.1 Å². The monoisotopic (exact) mass is 374 g/mol. The van der Waals surface area contributed by atoms with Gasteiger partial charge in [0.25, 0.3) is 5.91 Å². The molecule has 1 amide bonds. The Morgan fingerprint density at radius 2 is 1.44 bits per heavy atom. The van der Waals surface area contributed by atoms with Crippen LogP contribution in [0.25, 0.3) is 11.1 Å². The first-order valence-corrected chi connectivity index (χ1v) is 7.71. The van der Waals surface area contributed by atoms with Gasteiger partial charge in [-0.1, -0.05) is 18.2 Å². The molecule has 0 saturated carbocycles. The molecule has 5 nitrogen and oxygen atoms in total. The fourth-order valence-corrected chi connectivity index (χ4v) is 2.38. The second kappa shape index (κ2) is 7.36. The summed E-state index contributed by atoms with van der Waals surface area (Å²) < 4.78 is 45.9. The summed E-state index contributed by atoms with van der Waals surface area (Å²) in [5.74, 6) is -0.155. The van der Waals surface area contributed by atoms with Crippen molar-refractivity contribution in [2.24, 2.45) is 5.73 Å². The van der Waals surface area contributed by atoms with Crippen molar-refractivity contribution in [1.82, 2.24) is 4.98 Å². The Morgan fingerprint density at radius 3 is 2.00 bits per heavy atom. The van der Waals surface area contributed by atoms with Gasteiger partial charge in [-0.05, 0) is 48.0 Å². The molecule has 1 aromatic heterocycles. The van der Waals surface area contributed by atoms with Gasteiger partial charge in [0.1, 0.15) is 22.9 Å². The maximum Gasteiger partial charge on any atom is 0.573 e. The highest BCUT2D eigenvalue weighted by atomic mass is 19.4. The highest BCUT2D eigenvalue weighted by Crippen LogP contribution is 2.29. The lowest BCUT2D eigenvalue weighted by molar-refractivity contribution is -0.274. The van der Waals surface area contributed by atoms with E-state index in [0.717, 1.165) is 17.7 Å². The number of nitrogens with zero attached hydrogens (tertiary/aromatic N) is 1. The van der Waals surface area contributed by atoms with Gasteiger partial charge in [-0.25, -0.2) is 0 Å². The number of halogens is 3. The molecule has 138 valence electrons. The van der Waals surface area contributed by atoms with Gasteiger partial charge in [0.15, 0.2) is 0 Å². The van der Waals surface area contributed by atoms with Crippen LogP contribution in [0.1, 0.15) is 10.5 Å². The molecular formula is C19H13F3N2O3. The molecule has 2 N–H and O–H groups in total. The van der Waals surface area contributed by atoms with Gasteiger partial charge in [0, 0.05) is 11.8 Å². The van der Waals surface area contributed by atoms with Gasteiger partial charge in [-0.15, -0.1) is 13.2 Å². The average Bonchev–Trinajstić information content (AvgIpc) is 2.63. The summed E-state index contributed by atoms with van der Waals surface area (Å²) in [6.45, 7) is 0. The SMILES string of the molecule is NC(=O)c1ncccc1-c1ccc(Oc2ccc(OC(F)(F)F)cc2)cc1. The van der Waals surface area contributed by atoms with Crippen molar-refractivity contribution in [3.63, 3.8) is 0 Å². The first-order chi connectivity index (χ1) is 12.8. The standard InChI is InChI=1S/C19H13F3N2O3/c20-19(21,22)27-15-9-7-14(8-10-15)26-13-5-3-12(4-6-13)16-2-1-11-24-17(16)18(23)25/h1-11H,(H2,23,25). The molecule has 0 spiro atoms. The number of rotatable bonds is 5. The van der Waals surface area contributed by atoms with Crippen LogP contribution in [0.4, 0.5) is 13.2 Å². The van der Waals surface area contributed by atoms with Crippen molar-refractivity contribution in [2.45, 2.75) is 6.36 Å². The second-order valence-corrected chi connectivity index (χ2v) is 5.41.